The largest absolute Gasteiger partial charge is 0.445 e. The number of hydrogen-bond acceptors (Lipinski definition) is 6. The Morgan fingerprint density at radius 3 is 2.53 bits per heavy atom. The molecule has 2 aliphatic rings. The number of carbonyl (C=O) groups excluding carboxylic acids is 4. The van der Waals surface area contributed by atoms with E-state index < -0.39 is 18.3 Å². The summed E-state index contributed by atoms with van der Waals surface area (Å²) in [5.74, 6) is -0.322. The lowest BCUT2D eigenvalue weighted by atomic mass is 9.98. The average molecular weight is 529 g/mol. The SMILES string of the molecule is C=CCOC(=O)NCCC[C@H]1C(=O)N(C(CC)CC)CC2N1C(=O)CN(C)N2C(=O)NCc1ccccc1. The summed E-state index contributed by atoms with van der Waals surface area (Å²) in [4.78, 5) is 55.6. The Morgan fingerprint density at radius 2 is 1.87 bits per heavy atom. The summed E-state index contributed by atoms with van der Waals surface area (Å²) in [6.07, 6.45) is 2.63. The third-order valence-corrected chi connectivity index (χ3v) is 7.02. The fraction of sp³-hybridized carbons (Fsp3) is 0.556. The number of ether oxygens (including phenoxy) is 1. The van der Waals surface area contributed by atoms with Crippen LogP contribution < -0.4 is 10.6 Å². The summed E-state index contributed by atoms with van der Waals surface area (Å²) in [6.45, 7) is 8.54. The van der Waals surface area contributed by atoms with Crippen LogP contribution in [0.25, 0.3) is 0 Å². The van der Waals surface area contributed by atoms with Crippen molar-refractivity contribution in [3.63, 3.8) is 0 Å². The van der Waals surface area contributed by atoms with Gasteiger partial charge in [0.15, 0.2) is 0 Å². The number of carbonyl (C=O) groups is 4. The highest BCUT2D eigenvalue weighted by Crippen LogP contribution is 2.30. The number of nitrogens with one attached hydrogen (secondary N) is 2. The third-order valence-electron chi connectivity index (χ3n) is 7.02. The molecule has 2 aliphatic heterocycles. The van der Waals surface area contributed by atoms with Crippen LogP contribution in [0.1, 0.15) is 45.1 Å². The van der Waals surface area contributed by atoms with E-state index in [1.165, 1.54) is 6.08 Å². The van der Waals surface area contributed by atoms with Crippen LogP contribution in [-0.2, 0) is 20.9 Å². The lowest BCUT2D eigenvalue weighted by molar-refractivity contribution is -0.189. The predicted molar refractivity (Wildman–Crippen MR) is 142 cm³/mol. The first-order chi connectivity index (χ1) is 18.3. The Morgan fingerprint density at radius 1 is 1.16 bits per heavy atom. The predicted octanol–water partition coefficient (Wildman–Crippen LogP) is 2.31. The number of hydrazine groups is 1. The number of likely N-dealkylation sites (N-methyl/N-ethyl adjacent to an activating group) is 1. The Hall–Kier alpha value is -3.60. The van der Waals surface area contributed by atoms with Gasteiger partial charge in [0.05, 0.1) is 13.1 Å². The van der Waals surface area contributed by atoms with E-state index in [2.05, 4.69) is 17.2 Å². The maximum atomic E-state index is 13.7. The molecule has 1 unspecified atom stereocenters. The Bertz CT molecular complexity index is 985. The third kappa shape index (κ3) is 6.83. The number of urea groups is 1. The summed E-state index contributed by atoms with van der Waals surface area (Å²) in [5, 5.41) is 8.80. The zero-order chi connectivity index (χ0) is 27.7. The number of nitrogens with zero attached hydrogens (tertiary/aromatic N) is 4. The second kappa shape index (κ2) is 13.8. The molecule has 2 fully saturated rings. The van der Waals surface area contributed by atoms with Gasteiger partial charge in [-0.2, -0.15) is 0 Å². The molecule has 11 nitrogen and oxygen atoms in total. The highest BCUT2D eigenvalue weighted by Gasteiger charge is 2.51. The van der Waals surface area contributed by atoms with Crippen molar-refractivity contribution in [1.82, 2.24) is 30.5 Å². The van der Waals surface area contributed by atoms with E-state index in [9.17, 15) is 19.2 Å². The molecular formula is C27H40N6O5. The van der Waals surface area contributed by atoms with Crippen molar-refractivity contribution in [2.75, 3.05) is 33.3 Å². The number of alkyl carbamates (subject to hydrolysis) is 1. The zero-order valence-electron chi connectivity index (χ0n) is 22.6. The lowest BCUT2D eigenvalue weighted by Gasteiger charge is -2.55. The van der Waals surface area contributed by atoms with Crippen molar-refractivity contribution < 1.29 is 23.9 Å². The molecular weight excluding hydrogens is 488 g/mol. The Balaban J connectivity index is 1.79. The number of piperazine rings is 1. The molecule has 2 saturated heterocycles. The molecule has 0 aromatic heterocycles. The zero-order valence-corrected chi connectivity index (χ0v) is 22.6. The van der Waals surface area contributed by atoms with Gasteiger partial charge in [-0.05, 0) is 31.2 Å². The van der Waals surface area contributed by atoms with Gasteiger partial charge in [-0.25, -0.2) is 19.6 Å². The van der Waals surface area contributed by atoms with Crippen LogP contribution in [0, 0.1) is 0 Å². The van der Waals surface area contributed by atoms with E-state index in [4.69, 9.17) is 4.74 Å². The van der Waals surface area contributed by atoms with Crippen LogP contribution in [0.4, 0.5) is 9.59 Å². The van der Waals surface area contributed by atoms with E-state index in [1.54, 1.807) is 22.0 Å². The minimum absolute atomic E-state index is 0.00396. The van der Waals surface area contributed by atoms with Gasteiger partial charge in [-0.3, -0.25) is 9.59 Å². The van der Waals surface area contributed by atoms with E-state index in [0.29, 0.717) is 25.9 Å². The van der Waals surface area contributed by atoms with Gasteiger partial charge in [0.25, 0.3) is 0 Å². The molecule has 0 saturated carbocycles. The van der Waals surface area contributed by atoms with Gasteiger partial charge in [0.1, 0.15) is 18.8 Å². The van der Waals surface area contributed by atoms with Gasteiger partial charge >= 0.3 is 12.1 Å². The Labute approximate surface area is 224 Å². The molecule has 3 rings (SSSR count). The first kappa shape index (κ1) is 29.0. The summed E-state index contributed by atoms with van der Waals surface area (Å²) < 4.78 is 4.93. The molecule has 1 aromatic rings. The fourth-order valence-corrected chi connectivity index (χ4v) is 5.13. The van der Waals surface area contributed by atoms with E-state index in [0.717, 1.165) is 18.4 Å². The quantitative estimate of drug-likeness (QED) is 0.337. The van der Waals surface area contributed by atoms with Gasteiger partial charge in [-0.1, -0.05) is 56.8 Å². The molecule has 0 bridgehead atoms. The van der Waals surface area contributed by atoms with E-state index >= 15 is 0 Å². The molecule has 208 valence electrons. The molecule has 38 heavy (non-hydrogen) atoms. The smallest absolute Gasteiger partial charge is 0.407 e. The summed E-state index contributed by atoms with van der Waals surface area (Å²) in [5.41, 5.74) is 0.961. The highest BCUT2D eigenvalue weighted by atomic mass is 16.5. The van der Waals surface area contributed by atoms with Crippen molar-refractivity contribution in [3.05, 3.63) is 48.6 Å². The van der Waals surface area contributed by atoms with Crippen molar-refractivity contribution in [1.29, 1.82) is 0 Å². The standard InChI is InChI=1S/C27H40N6O5/c1-5-16-38-27(37)28-15-11-14-22-25(35)31(21(6-2)7-3)18-23-32(22)24(34)19-30(4)33(23)26(36)29-17-20-12-9-8-10-13-20/h5,8-10,12-13,21-23H,1,6-7,11,14-19H2,2-4H3,(H,28,37)(H,29,36)/t22-,23?/m0/s1. The molecule has 2 heterocycles. The second-order valence-electron chi connectivity index (χ2n) is 9.52. The lowest BCUT2D eigenvalue weighted by Crippen LogP contribution is -2.76. The van der Waals surface area contributed by atoms with Gasteiger partial charge in [0.2, 0.25) is 11.8 Å². The number of fused-ring (bicyclic) bond motifs is 1. The maximum absolute atomic E-state index is 13.7. The number of benzene rings is 1. The van der Waals surface area contributed by atoms with Crippen molar-refractivity contribution in [3.8, 4) is 0 Å². The van der Waals surface area contributed by atoms with Gasteiger partial charge in [0, 0.05) is 26.2 Å². The number of amides is 5. The fourth-order valence-electron chi connectivity index (χ4n) is 5.13. The van der Waals surface area contributed by atoms with Gasteiger partial charge < -0.3 is 25.2 Å². The number of rotatable bonds is 11. The highest BCUT2D eigenvalue weighted by molar-refractivity contribution is 5.91. The topological polar surface area (TPSA) is 115 Å². The first-order valence-corrected chi connectivity index (χ1v) is 13.3. The minimum Gasteiger partial charge on any atom is -0.445 e. The van der Waals surface area contributed by atoms with Crippen LogP contribution in [-0.4, -0.2) is 95.3 Å². The summed E-state index contributed by atoms with van der Waals surface area (Å²) >= 11 is 0. The van der Waals surface area contributed by atoms with Crippen molar-refractivity contribution in [2.45, 2.75) is 64.3 Å². The van der Waals surface area contributed by atoms with Crippen LogP contribution in [0.2, 0.25) is 0 Å². The molecule has 2 N–H and O–H groups in total. The Kier molecular flexibility index (Phi) is 10.5. The monoisotopic (exact) mass is 528 g/mol. The molecule has 0 spiro atoms. The molecule has 1 aromatic carbocycles. The van der Waals surface area contributed by atoms with Crippen molar-refractivity contribution >= 4 is 23.9 Å². The average Bonchev–Trinajstić information content (AvgIpc) is 2.91. The molecule has 11 heteroatoms. The number of hydrogen-bond donors (Lipinski definition) is 2. The molecule has 5 amide bonds. The van der Waals surface area contributed by atoms with Crippen LogP contribution in [0.5, 0.6) is 0 Å². The maximum Gasteiger partial charge on any atom is 0.407 e. The first-order valence-electron chi connectivity index (χ1n) is 13.3. The minimum atomic E-state index is -0.731. The molecule has 0 radical (unpaired) electrons. The summed E-state index contributed by atoms with van der Waals surface area (Å²) in [7, 11) is 1.71. The van der Waals surface area contributed by atoms with E-state index in [1.807, 2.05) is 49.1 Å². The van der Waals surface area contributed by atoms with Crippen LogP contribution in [0.3, 0.4) is 0 Å². The molecule has 2 atom stereocenters. The van der Waals surface area contributed by atoms with E-state index in [-0.39, 0.29) is 43.6 Å². The van der Waals surface area contributed by atoms with Crippen LogP contribution >= 0.6 is 0 Å². The molecule has 0 aliphatic carbocycles. The van der Waals surface area contributed by atoms with Crippen LogP contribution in [0.15, 0.2) is 43.0 Å². The summed E-state index contributed by atoms with van der Waals surface area (Å²) in [6, 6.07) is 8.54. The normalized spacial score (nSPS) is 19.8. The van der Waals surface area contributed by atoms with Crippen molar-refractivity contribution in [2.24, 2.45) is 0 Å². The van der Waals surface area contributed by atoms with Gasteiger partial charge in [-0.15, -0.1) is 0 Å². The second-order valence-corrected chi connectivity index (χ2v) is 9.52.